The largest absolute Gasteiger partial charge is 0.416 e. The number of amides is 1. The molecule has 0 aliphatic rings. The summed E-state index contributed by atoms with van der Waals surface area (Å²) in [5, 5.41) is 7.49. The lowest BCUT2D eigenvalue weighted by atomic mass is 10.0. The lowest BCUT2D eigenvalue weighted by Crippen LogP contribution is -2.16. The molecular weight excluding hydrogens is 381 g/mol. The molecule has 8 heteroatoms. The molecule has 0 fully saturated rings. The Balaban J connectivity index is 1.62. The molecule has 0 unspecified atom stereocenters. The number of halogens is 3. The Morgan fingerprint density at radius 1 is 1.03 bits per heavy atom. The molecule has 5 nitrogen and oxygen atoms in total. The van der Waals surface area contributed by atoms with Crippen molar-refractivity contribution in [1.82, 2.24) is 14.8 Å². The molecule has 0 saturated carbocycles. The van der Waals surface area contributed by atoms with Crippen molar-refractivity contribution in [2.75, 3.05) is 5.32 Å². The average molecular weight is 396 g/mol. The average Bonchev–Trinajstić information content (AvgIpc) is 3.13. The molecule has 4 aromatic rings. The van der Waals surface area contributed by atoms with Crippen LogP contribution >= 0.6 is 0 Å². The molecule has 146 valence electrons. The topological polar surface area (TPSA) is 59.8 Å². The Kier molecular flexibility index (Phi) is 4.54. The summed E-state index contributed by atoms with van der Waals surface area (Å²) in [4.78, 5) is 16.6. The summed E-state index contributed by atoms with van der Waals surface area (Å²) in [6, 6.07) is 13.7. The first-order valence-electron chi connectivity index (χ1n) is 8.68. The van der Waals surface area contributed by atoms with E-state index in [0.29, 0.717) is 28.0 Å². The summed E-state index contributed by atoms with van der Waals surface area (Å²) in [5.74, 6) is -0.301. The number of pyridine rings is 1. The summed E-state index contributed by atoms with van der Waals surface area (Å²) in [5.41, 5.74) is 1.89. The molecule has 2 aromatic carbocycles. The minimum atomic E-state index is -4.40. The number of alkyl halides is 3. The van der Waals surface area contributed by atoms with Crippen molar-refractivity contribution in [3.8, 4) is 11.1 Å². The fourth-order valence-electron chi connectivity index (χ4n) is 3.02. The van der Waals surface area contributed by atoms with Crippen molar-refractivity contribution in [2.24, 2.45) is 7.05 Å². The zero-order valence-electron chi connectivity index (χ0n) is 15.2. The summed E-state index contributed by atoms with van der Waals surface area (Å²) in [6.07, 6.45) is -1.35. The van der Waals surface area contributed by atoms with Crippen LogP contribution in [0.4, 0.5) is 18.9 Å². The summed E-state index contributed by atoms with van der Waals surface area (Å²) >= 11 is 0. The number of carbonyl (C=O) groups excluding carboxylic acids is 1. The van der Waals surface area contributed by atoms with Crippen LogP contribution in [0.5, 0.6) is 0 Å². The highest BCUT2D eigenvalue weighted by Gasteiger charge is 2.30. The van der Waals surface area contributed by atoms with Gasteiger partial charge in [-0.25, -0.2) is 0 Å². The van der Waals surface area contributed by atoms with Gasteiger partial charge in [-0.05, 0) is 42.0 Å². The molecule has 0 spiro atoms. The van der Waals surface area contributed by atoms with Crippen LogP contribution in [0.1, 0.15) is 16.1 Å². The fraction of sp³-hybridized carbons (Fsp3) is 0.0952. The number of hydrogen-bond donors (Lipinski definition) is 1. The van der Waals surface area contributed by atoms with Crippen LogP contribution in [0, 0.1) is 0 Å². The zero-order chi connectivity index (χ0) is 20.6. The second-order valence-electron chi connectivity index (χ2n) is 6.50. The van der Waals surface area contributed by atoms with E-state index < -0.39 is 11.7 Å². The van der Waals surface area contributed by atoms with E-state index in [4.69, 9.17) is 0 Å². The Morgan fingerprint density at radius 2 is 1.86 bits per heavy atom. The van der Waals surface area contributed by atoms with Crippen LogP contribution in [0.15, 0.2) is 67.0 Å². The molecule has 0 atom stereocenters. The van der Waals surface area contributed by atoms with E-state index in [1.807, 2.05) is 0 Å². The molecule has 0 aliphatic carbocycles. The van der Waals surface area contributed by atoms with Crippen LogP contribution in [0.25, 0.3) is 22.0 Å². The lowest BCUT2D eigenvalue weighted by Gasteiger charge is -2.10. The number of fused-ring (bicyclic) bond motifs is 1. The van der Waals surface area contributed by atoms with Gasteiger partial charge in [0.1, 0.15) is 5.69 Å². The molecule has 0 bridgehead atoms. The maximum atomic E-state index is 13.0. The van der Waals surface area contributed by atoms with Crippen LogP contribution in [-0.4, -0.2) is 20.7 Å². The van der Waals surface area contributed by atoms with Gasteiger partial charge in [-0.1, -0.05) is 18.2 Å². The monoisotopic (exact) mass is 396 g/mol. The van der Waals surface area contributed by atoms with Crippen LogP contribution in [-0.2, 0) is 13.2 Å². The fourth-order valence-corrected chi connectivity index (χ4v) is 3.02. The molecule has 0 aliphatic heterocycles. The number of carbonyl (C=O) groups is 1. The predicted molar refractivity (Wildman–Crippen MR) is 103 cm³/mol. The SMILES string of the molecule is Cn1nccc1C(=O)Nc1ccc2cc(-c3cccc(C(F)(F)F)c3)cnc2c1. The van der Waals surface area contributed by atoms with Crippen LogP contribution < -0.4 is 5.32 Å². The Hall–Kier alpha value is -3.68. The lowest BCUT2D eigenvalue weighted by molar-refractivity contribution is -0.137. The molecule has 4 rings (SSSR count). The second-order valence-corrected chi connectivity index (χ2v) is 6.50. The van der Waals surface area contributed by atoms with Gasteiger partial charge in [0.2, 0.25) is 0 Å². The van der Waals surface area contributed by atoms with Crippen molar-refractivity contribution >= 4 is 22.5 Å². The van der Waals surface area contributed by atoms with E-state index >= 15 is 0 Å². The maximum Gasteiger partial charge on any atom is 0.416 e. The summed E-state index contributed by atoms with van der Waals surface area (Å²) in [7, 11) is 1.67. The number of hydrogen-bond acceptors (Lipinski definition) is 3. The highest BCUT2D eigenvalue weighted by molar-refractivity contribution is 6.04. The highest BCUT2D eigenvalue weighted by Crippen LogP contribution is 2.32. The number of benzene rings is 2. The molecule has 29 heavy (non-hydrogen) atoms. The molecule has 0 saturated heterocycles. The number of rotatable bonds is 3. The number of aryl methyl sites for hydroxylation is 1. The predicted octanol–water partition coefficient (Wildman–Crippen LogP) is 4.91. The minimum Gasteiger partial charge on any atom is -0.321 e. The van der Waals surface area contributed by atoms with Crippen molar-refractivity contribution in [2.45, 2.75) is 6.18 Å². The minimum absolute atomic E-state index is 0.301. The van der Waals surface area contributed by atoms with E-state index in [1.54, 1.807) is 43.4 Å². The number of nitrogens with zero attached hydrogens (tertiary/aromatic N) is 3. The first-order chi connectivity index (χ1) is 13.8. The molecule has 0 radical (unpaired) electrons. The van der Waals surface area contributed by atoms with E-state index in [0.717, 1.165) is 17.5 Å². The Labute approximate surface area is 163 Å². The van der Waals surface area contributed by atoms with Crippen LogP contribution in [0.2, 0.25) is 0 Å². The standard InChI is InChI=1S/C21H15F3N4O/c1-28-19(7-8-26-28)20(29)27-17-6-5-14-9-15(12-25-18(14)11-17)13-3-2-4-16(10-13)21(22,23)24/h2-12H,1H3,(H,27,29). The van der Waals surface area contributed by atoms with E-state index in [9.17, 15) is 18.0 Å². The smallest absolute Gasteiger partial charge is 0.321 e. The Bertz CT molecular complexity index is 1210. The van der Waals surface area contributed by atoms with Gasteiger partial charge in [0, 0.05) is 36.1 Å². The third kappa shape index (κ3) is 3.82. The first kappa shape index (κ1) is 18.7. The van der Waals surface area contributed by atoms with E-state index in [-0.39, 0.29) is 5.91 Å². The number of anilines is 1. The van der Waals surface area contributed by atoms with Gasteiger partial charge in [-0.15, -0.1) is 0 Å². The zero-order valence-corrected chi connectivity index (χ0v) is 15.2. The molecule has 2 aromatic heterocycles. The van der Waals surface area contributed by atoms with E-state index in [1.165, 1.54) is 23.1 Å². The normalized spacial score (nSPS) is 11.6. The van der Waals surface area contributed by atoms with Gasteiger partial charge in [0.25, 0.3) is 5.91 Å². The van der Waals surface area contributed by atoms with Crippen LogP contribution in [0.3, 0.4) is 0 Å². The van der Waals surface area contributed by atoms with Gasteiger partial charge < -0.3 is 5.32 Å². The maximum absolute atomic E-state index is 13.0. The van der Waals surface area contributed by atoms with Crippen molar-refractivity contribution in [3.63, 3.8) is 0 Å². The van der Waals surface area contributed by atoms with Gasteiger partial charge in [0.15, 0.2) is 0 Å². The van der Waals surface area contributed by atoms with Gasteiger partial charge in [-0.2, -0.15) is 18.3 Å². The van der Waals surface area contributed by atoms with Crippen molar-refractivity contribution in [1.29, 1.82) is 0 Å². The quantitative estimate of drug-likeness (QED) is 0.536. The number of nitrogens with one attached hydrogen (secondary N) is 1. The molecule has 2 heterocycles. The number of aromatic nitrogens is 3. The molecule has 1 N–H and O–H groups in total. The highest BCUT2D eigenvalue weighted by atomic mass is 19.4. The third-order valence-corrected chi connectivity index (χ3v) is 4.52. The Morgan fingerprint density at radius 3 is 2.59 bits per heavy atom. The molecule has 1 amide bonds. The van der Waals surface area contributed by atoms with Crippen molar-refractivity contribution < 1.29 is 18.0 Å². The first-order valence-corrected chi connectivity index (χ1v) is 8.68. The molecular formula is C21H15F3N4O. The van der Waals surface area contributed by atoms with E-state index in [2.05, 4.69) is 15.4 Å². The third-order valence-electron chi connectivity index (χ3n) is 4.52. The van der Waals surface area contributed by atoms with Gasteiger partial charge in [0.05, 0.1) is 11.1 Å². The summed E-state index contributed by atoms with van der Waals surface area (Å²) < 4.78 is 40.3. The summed E-state index contributed by atoms with van der Waals surface area (Å²) in [6.45, 7) is 0. The van der Waals surface area contributed by atoms with Crippen molar-refractivity contribution in [3.05, 3.63) is 78.2 Å². The van der Waals surface area contributed by atoms with Gasteiger partial charge in [-0.3, -0.25) is 14.5 Å². The van der Waals surface area contributed by atoms with Gasteiger partial charge >= 0.3 is 6.18 Å². The second kappa shape index (κ2) is 7.05.